The Kier molecular flexibility index (Phi) is 4.70. The van der Waals surface area contributed by atoms with Crippen LogP contribution < -0.4 is 0 Å². The zero-order valence-corrected chi connectivity index (χ0v) is 9.70. The van der Waals surface area contributed by atoms with E-state index in [4.69, 9.17) is 57.8 Å². The van der Waals surface area contributed by atoms with Gasteiger partial charge in [-0.3, -0.25) is 0 Å². The summed E-state index contributed by atoms with van der Waals surface area (Å²) in [5.74, 6) is 0. The van der Waals surface area contributed by atoms with Crippen molar-refractivity contribution >= 4 is 87.4 Å². The van der Waals surface area contributed by atoms with E-state index >= 15 is 0 Å². The van der Waals surface area contributed by atoms with Gasteiger partial charge in [-0.1, -0.05) is 0 Å². The zero-order chi connectivity index (χ0) is 6.41. The molecule has 0 heterocycles. The van der Waals surface area contributed by atoms with Crippen LogP contribution in [0.3, 0.4) is 0 Å². The number of rotatable bonds is 0. The molecule has 0 fully saturated rings. The summed E-state index contributed by atoms with van der Waals surface area (Å²) in [6.45, 7) is -5.38. The van der Waals surface area contributed by atoms with Crippen molar-refractivity contribution in [2.75, 3.05) is 0 Å². The Hall–Kier alpha value is 3.38. The number of hydrogen-bond acceptors (Lipinski definition) is 0. The number of halogens is 6. The van der Waals surface area contributed by atoms with Crippen molar-refractivity contribution in [1.82, 2.24) is 0 Å². The summed E-state index contributed by atoms with van der Waals surface area (Å²) in [5.41, 5.74) is 0. The molecule has 0 bridgehead atoms. The fourth-order valence-electron chi connectivity index (χ4n) is 0. The molecule has 0 saturated heterocycles. The van der Waals surface area contributed by atoms with Gasteiger partial charge in [0, 0.05) is 0 Å². The van der Waals surface area contributed by atoms with E-state index in [1.807, 2.05) is 0 Å². The molecule has 8 heavy (non-hydrogen) atoms. The molecule has 0 aliphatic rings. The SMILES string of the molecule is [Cl][Os]([Cl])([Cl])([Cl])([Cl])[Cl].[NaH]. The zero-order valence-electron chi connectivity index (χ0n) is 2.62. The fraction of sp³-hybridized carbons (Fsp3) is 0. The van der Waals surface area contributed by atoms with Crippen molar-refractivity contribution in [2.45, 2.75) is 0 Å². The van der Waals surface area contributed by atoms with E-state index in [2.05, 4.69) is 0 Å². The van der Waals surface area contributed by atoms with Gasteiger partial charge < -0.3 is 0 Å². The number of hydrogen-bond donors (Lipinski definition) is 0. The summed E-state index contributed by atoms with van der Waals surface area (Å²) in [6, 6.07) is 0. The molecule has 0 spiro atoms. The third kappa shape index (κ3) is 57.7. The van der Waals surface area contributed by atoms with Gasteiger partial charge in [0.2, 0.25) is 0 Å². The fourth-order valence-corrected chi connectivity index (χ4v) is 0. The minimum atomic E-state index is -5.38. The molecule has 0 unspecified atom stereocenters. The van der Waals surface area contributed by atoms with Gasteiger partial charge in [0.25, 0.3) is 0 Å². The first-order valence-electron chi connectivity index (χ1n) is 0.802. The molecule has 0 aromatic rings. The van der Waals surface area contributed by atoms with Crippen LogP contribution >= 0.6 is 57.8 Å². The quantitative estimate of drug-likeness (QED) is 0.520. The summed E-state index contributed by atoms with van der Waals surface area (Å²) in [7, 11) is 30.4. The standard InChI is InChI=1S/6ClH.Na.Os.H/h6*1H;;;/q;;;;;;;+6;/p-6. The monoisotopic (exact) mass is 426 g/mol. The molecule has 0 amide bonds. The first-order chi connectivity index (χ1) is 2.45. The van der Waals surface area contributed by atoms with Crippen molar-refractivity contribution in [3.8, 4) is 0 Å². The van der Waals surface area contributed by atoms with Crippen LogP contribution in [0.5, 0.6) is 0 Å². The summed E-state index contributed by atoms with van der Waals surface area (Å²) < 4.78 is 0. The molecule has 52 valence electrons. The van der Waals surface area contributed by atoms with Crippen molar-refractivity contribution in [3.63, 3.8) is 0 Å². The van der Waals surface area contributed by atoms with Gasteiger partial charge in [0.05, 0.1) is 0 Å². The molecule has 0 rings (SSSR count). The molecular weight excluding hydrogens is 426 g/mol. The topological polar surface area (TPSA) is 0 Å². The minimum absolute atomic E-state index is 0. The Bertz CT molecular complexity index is 67.1. The van der Waals surface area contributed by atoms with Gasteiger partial charge in [-0.2, -0.15) is 0 Å². The van der Waals surface area contributed by atoms with Gasteiger partial charge in [-0.05, 0) is 0 Å². The van der Waals surface area contributed by atoms with Crippen LogP contribution in [0.2, 0.25) is 0 Å². The van der Waals surface area contributed by atoms with E-state index < -0.39 is 6.64 Å². The van der Waals surface area contributed by atoms with Gasteiger partial charge >= 0.3 is 94.0 Å². The Morgan fingerprint density at radius 3 is 0.625 bits per heavy atom. The summed E-state index contributed by atoms with van der Waals surface area (Å²) in [6.07, 6.45) is 0. The van der Waals surface area contributed by atoms with Crippen molar-refractivity contribution < 1.29 is 6.64 Å². The average Bonchev–Trinajstić information content (AvgIpc) is 0.592. The van der Waals surface area contributed by atoms with E-state index in [1.165, 1.54) is 0 Å². The van der Waals surface area contributed by atoms with Gasteiger partial charge in [0.1, 0.15) is 0 Å². The normalized spacial score (nSPS) is 20.2. The maximum atomic E-state index is 5.06. The van der Waals surface area contributed by atoms with Crippen LogP contribution in [0.4, 0.5) is 0 Å². The molecule has 8 heteroatoms. The first-order valence-corrected chi connectivity index (χ1v) is 19.7. The third-order valence-electron chi connectivity index (χ3n) is 0. The average molecular weight is 427 g/mol. The van der Waals surface area contributed by atoms with Crippen LogP contribution in [0, 0.1) is 0 Å². The second-order valence-corrected chi connectivity index (χ2v) is 55.8. The Labute approximate surface area is 92.1 Å². The summed E-state index contributed by atoms with van der Waals surface area (Å²) >= 11 is 0. The van der Waals surface area contributed by atoms with Crippen LogP contribution in [-0.2, 0) is 6.64 Å². The Morgan fingerprint density at radius 1 is 0.625 bits per heavy atom. The van der Waals surface area contributed by atoms with Crippen molar-refractivity contribution in [1.29, 1.82) is 0 Å². The van der Waals surface area contributed by atoms with E-state index in [9.17, 15) is 0 Å². The predicted molar refractivity (Wildman–Crippen MR) is 42.3 cm³/mol. The second kappa shape index (κ2) is 2.70. The Morgan fingerprint density at radius 2 is 0.625 bits per heavy atom. The molecule has 0 aromatic carbocycles. The first kappa shape index (κ1) is 13.9. The van der Waals surface area contributed by atoms with Crippen LogP contribution in [0.25, 0.3) is 0 Å². The summed E-state index contributed by atoms with van der Waals surface area (Å²) in [5, 5.41) is 0. The maximum absolute atomic E-state index is 5.38. The van der Waals surface area contributed by atoms with E-state index in [0.29, 0.717) is 0 Å². The molecule has 0 aromatic heterocycles. The van der Waals surface area contributed by atoms with Crippen LogP contribution in [0.1, 0.15) is 0 Å². The molecule has 0 radical (unpaired) electrons. The third-order valence-corrected chi connectivity index (χ3v) is 0. The van der Waals surface area contributed by atoms with Crippen LogP contribution in [-0.4, -0.2) is 29.6 Å². The molecule has 0 atom stereocenters. The van der Waals surface area contributed by atoms with Gasteiger partial charge in [-0.15, -0.1) is 0 Å². The molecule has 0 aliphatic carbocycles. The van der Waals surface area contributed by atoms with Gasteiger partial charge in [-0.25, -0.2) is 0 Å². The molecular formula is HCl6NaOs. The molecule has 0 nitrogen and oxygen atoms in total. The molecule has 0 saturated carbocycles. The van der Waals surface area contributed by atoms with Gasteiger partial charge in [0.15, 0.2) is 0 Å². The van der Waals surface area contributed by atoms with E-state index in [-0.39, 0.29) is 29.6 Å². The van der Waals surface area contributed by atoms with E-state index in [1.54, 1.807) is 0 Å². The second-order valence-electron chi connectivity index (χ2n) is 0.758. The Balaban J connectivity index is 0. The van der Waals surface area contributed by atoms with Crippen molar-refractivity contribution in [3.05, 3.63) is 0 Å². The molecule has 0 N–H and O–H groups in total. The van der Waals surface area contributed by atoms with E-state index in [0.717, 1.165) is 0 Å². The predicted octanol–water partition coefficient (Wildman–Crippen LogP) is 3.49. The molecule has 0 aliphatic heterocycles. The van der Waals surface area contributed by atoms with Crippen LogP contribution in [0.15, 0.2) is 0 Å². The summed E-state index contributed by atoms with van der Waals surface area (Å²) in [4.78, 5) is 0. The van der Waals surface area contributed by atoms with Crippen molar-refractivity contribution in [2.24, 2.45) is 0 Å².